The van der Waals surface area contributed by atoms with Gasteiger partial charge in [0.25, 0.3) is 0 Å². The van der Waals surface area contributed by atoms with Gasteiger partial charge in [-0.05, 0) is 36.4 Å². The van der Waals surface area contributed by atoms with Gasteiger partial charge in [-0.2, -0.15) is 0 Å². The quantitative estimate of drug-likeness (QED) is 0.803. The smallest absolute Gasteiger partial charge is 0.306 e. The van der Waals surface area contributed by atoms with E-state index in [2.05, 4.69) is 17.4 Å². The molecule has 0 radical (unpaired) electrons. The zero-order valence-electron chi connectivity index (χ0n) is 12.0. The van der Waals surface area contributed by atoms with Crippen LogP contribution in [0.2, 0.25) is 0 Å². The molecule has 110 valence electrons. The Balaban J connectivity index is 1.85. The van der Waals surface area contributed by atoms with Crippen molar-refractivity contribution in [1.29, 1.82) is 0 Å². The van der Waals surface area contributed by atoms with E-state index in [0.29, 0.717) is 6.61 Å². The molecule has 0 aromatic heterocycles. The first-order valence-corrected chi connectivity index (χ1v) is 7.21. The summed E-state index contributed by atoms with van der Waals surface area (Å²) in [6.07, 6.45) is 2.87. The van der Waals surface area contributed by atoms with Crippen LogP contribution in [-0.4, -0.2) is 24.7 Å². The predicted molar refractivity (Wildman–Crippen MR) is 77.3 cm³/mol. The van der Waals surface area contributed by atoms with Gasteiger partial charge in [0.2, 0.25) is 0 Å². The fraction of sp³-hybridized carbons (Fsp3) is 0.562. The summed E-state index contributed by atoms with van der Waals surface area (Å²) in [5, 5.41) is 12.6. The van der Waals surface area contributed by atoms with Crippen LogP contribution in [0, 0.1) is 11.8 Å². The molecule has 2 rings (SSSR count). The average Bonchev–Trinajstić information content (AvgIpc) is 2.90. The van der Waals surface area contributed by atoms with Gasteiger partial charge in [0.05, 0.1) is 12.5 Å². The van der Waals surface area contributed by atoms with E-state index in [0.717, 1.165) is 32.4 Å². The van der Waals surface area contributed by atoms with Crippen molar-refractivity contribution in [2.24, 2.45) is 11.8 Å². The van der Waals surface area contributed by atoms with Crippen LogP contribution in [0.15, 0.2) is 24.3 Å². The number of rotatable bonds is 7. The minimum Gasteiger partial charge on any atom is -0.481 e. The van der Waals surface area contributed by atoms with Crippen LogP contribution in [0.5, 0.6) is 0 Å². The Bertz CT molecular complexity index is 447. The van der Waals surface area contributed by atoms with Crippen molar-refractivity contribution in [3.63, 3.8) is 0 Å². The molecule has 1 aromatic rings. The highest BCUT2D eigenvalue weighted by molar-refractivity contribution is 5.70. The van der Waals surface area contributed by atoms with Gasteiger partial charge in [-0.15, -0.1) is 0 Å². The lowest BCUT2D eigenvalue weighted by Crippen LogP contribution is -2.29. The second-order valence-corrected chi connectivity index (χ2v) is 5.47. The molecule has 1 aliphatic rings. The van der Waals surface area contributed by atoms with Gasteiger partial charge in [-0.1, -0.05) is 30.7 Å². The number of hydrogen-bond acceptors (Lipinski definition) is 3. The third-order valence-corrected chi connectivity index (χ3v) is 4.12. The van der Waals surface area contributed by atoms with E-state index in [1.165, 1.54) is 11.1 Å². The molecule has 1 aromatic carbocycles. The first kappa shape index (κ1) is 15.0. The van der Waals surface area contributed by atoms with E-state index in [4.69, 9.17) is 9.84 Å². The van der Waals surface area contributed by atoms with Crippen LogP contribution in [0.3, 0.4) is 0 Å². The number of methoxy groups -OCH3 is 1. The predicted octanol–water partition coefficient (Wildman–Crippen LogP) is 2.42. The van der Waals surface area contributed by atoms with Gasteiger partial charge in [0, 0.05) is 13.7 Å². The molecule has 0 bridgehead atoms. The fourth-order valence-electron chi connectivity index (χ4n) is 3.02. The normalized spacial score (nSPS) is 22.1. The standard InChI is InChI=1S/C16H23NO3/c1-20-11-14-6-3-2-5-12(14)9-17-10-13-7-4-8-15(13)16(18)19/h2-3,5-6,13,15,17H,4,7-11H2,1H3,(H,18,19). The Kier molecular flexibility index (Phi) is 5.56. The zero-order valence-corrected chi connectivity index (χ0v) is 12.0. The molecule has 2 unspecified atom stereocenters. The molecule has 1 fully saturated rings. The lowest BCUT2D eigenvalue weighted by molar-refractivity contribution is -0.142. The first-order valence-electron chi connectivity index (χ1n) is 7.21. The third-order valence-electron chi connectivity index (χ3n) is 4.12. The molecule has 20 heavy (non-hydrogen) atoms. The first-order chi connectivity index (χ1) is 9.72. The Morgan fingerprint density at radius 1 is 1.35 bits per heavy atom. The average molecular weight is 277 g/mol. The molecule has 0 amide bonds. The number of benzene rings is 1. The van der Waals surface area contributed by atoms with Crippen molar-refractivity contribution in [2.75, 3.05) is 13.7 Å². The summed E-state index contributed by atoms with van der Waals surface area (Å²) in [7, 11) is 1.69. The maximum absolute atomic E-state index is 11.1. The SMILES string of the molecule is COCc1ccccc1CNCC1CCCC1C(=O)O. The minimum absolute atomic E-state index is 0.170. The molecule has 2 N–H and O–H groups in total. The van der Waals surface area contributed by atoms with Gasteiger partial charge >= 0.3 is 5.97 Å². The molecular formula is C16H23NO3. The van der Waals surface area contributed by atoms with Crippen LogP contribution < -0.4 is 5.32 Å². The molecule has 0 saturated heterocycles. The van der Waals surface area contributed by atoms with Crippen molar-refractivity contribution in [1.82, 2.24) is 5.32 Å². The third kappa shape index (κ3) is 3.81. The summed E-state index contributed by atoms with van der Waals surface area (Å²) in [5.74, 6) is -0.548. The number of carbonyl (C=O) groups is 1. The van der Waals surface area contributed by atoms with E-state index in [1.54, 1.807) is 7.11 Å². The molecule has 2 atom stereocenters. The molecule has 4 heteroatoms. The number of nitrogens with one attached hydrogen (secondary N) is 1. The summed E-state index contributed by atoms with van der Waals surface area (Å²) >= 11 is 0. The van der Waals surface area contributed by atoms with Gasteiger partial charge in [-0.3, -0.25) is 4.79 Å². The number of carboxylic acid groups (broad SMARTS) is 1. The number of hydrogen-bond donors (Lipinski definition) is 2. The lowest BCUT2D eigenvalue weighted by atomic mass is 9.96. The molecule has 1 aliphatic carbocycles. The van der Waals surface area contributed by atoms with E-state index in [9.17, 15) is 4.79 Å². The Morgan fingerprint density at radius 3 is 2.80 bits per heavy atom. The molecular weight excluding hydrogens is 254 g/mol. The lowest BCUT2D eigenvalue weighted by Gasteiger charge is -2.17. The van der Waals surface area contributed by atoms with E-state index in [1.807, 2.05) is 12.1 Å². The summed E-state index contributed by atoms with van der Waals surface area (Å²) in [6, 6.07) is 8.18. The van der Waals surface area contributed by atoms with Crippen molar-refractivity contribution < 1.29 is 14.6 Å². The topological polar surface area (TPSA) is 58.6 Å². The Morgan fingerprint density at radius 2 is 2.10 bits per heavy atom. The van der Waals surface area contributed by atoms with Crippen molar-refractivity contribution in [2.45, 2.75) is 32.4 Å². The second kappa shape index (κ2) is 7.41. The van der Waals surface area contributed by atoms with Crippen LogP contribution in [0.25, 0.3) is 0 Å². The van der Waals surface area contributed by atoms with Gasteiger partial charge in [0.1, 0.15) is 0 Å². The van der Waals surface area contributed by atoms with E-state index >= 15 is 0 Å². The molecule has 1 saturated carbocycles. The Hall–Kier alpha value is -1.39. The van der Waals surface area contributed by atoms with Gasteiger partial charge in [0.15, 0.2) is 0 Å². The highest BCUT2D eigenvalue weighted by atomic mass is 16.5. The van der Waals surface area contributed by atoms with Crippen molar-refractivity contribution in [3.8, 4) is 0 Å². The molecule has 4 nitrogen and oxygen atoms in total. The molecule has 0 spiro atoms. The maximum atomic E-state index is 11.1. The summed E-state index contributed by atoms with van der Waals surface area (Å²) in [6.45, 7) is 2.15. The van der Waals surface area contributed by atoms with Gasteiger partial charge in [-0.25, -0.2) is 0 Å². The van der Waals surface area contributed by atoms with Crippen LogP contribution in [0.4, 0.5) is 0 Å². The number of aliphatic carboxylic acids is 1. The van der Waals surface area contributed by atoms with E-state index in [-0.39, 0.29) is 11.8 Å². The van der Waals surface area contributed by atoms with Crippen LogP contribution in [-0.2, 0) is 22.7 Å². The van der Waals surface area contributed by atoms with Crippen LogP contribution in [0.1, 0.15) is 30.4 Å². The Labute approximate surface area is 120 Å². The minimum atomic E-state index is -0.644. The monoisotopic (exact) mass is 277 g/mol. The van der Waals surface area contributed by atoms with E-state index < -0.39 is 5.97 Å². The molecule has 0 heterocycles. The summed E-state index contributed by atoms with van der Waals surface area (Å²) < 4.78 is 5.19. The fourth-order valence-corrected chi connectivity index (χ4v) is 3.02. The number of carboxylic acids is 1. The molecule has 0 aliphatic heterocycles. The van der Waals surface area contributed by atoms with Crippen molar-refractivity contribution in [3.05, 3.63) is 35.4 Å². The highest BCUT2D eigenvalue weighted by Gasteiger charge is 2.32. The zero-order chi connectivity index (χ0) is 14.4. The second-order valence-electron chi connectivity index (χ2n) is 5.47. The van der Waals surface area contributed by atoms with Gasteiger partial charge < -0.3 is 15.2 Å². The highest BCUT2D eigenvalue weighted by Crippen LogP contribution is 2.31. The largest absolute Gasteiger partial charge is 0.481 e. The summed E-state index contributed by atoms with van der Waals surface area (Å²) in [5.41, 5.74) is 2.41. The summed E-state index contributed by atoms with van der Waals surface area (Å²) in [4.78, 5) is 11.1. The maximum Gasteiger partial charge on any atom is 0.306 e. The number of ether oxygens (including phenoxy) is 1. The van der Waals surface area contributed by atoms with Crippen molar-refractivity contribution >= 4 is 5.97 Å². The van der Waals surface area contributed by atoms with Crippen LogP contribution >= 0.6 is 0 Å².